The van der Waals surface area contributed by atoms with Crippen LogP contribution in [0.2, 0.25) is 0 Å². The van der Waals surface area contributed by atoms with Gasteiger partial charge < -0.3 is 64.1 Å². The lowest BCUT2D eigenvalue weighted by atomic mass is 9.99. The quantitative estimate of drug-likeness (QED) is 0.0626. The average molecular weight is 693 g/mol. The predicted octanol–water partition coefficient (Wildman–Crippen LogP) is -5.88. The molecule has 3 rings (SSSR count). The number of ether oxygens (including phenoxy) is 4. The van der Waals surface area contributed by atoms with Gasteiger partial charge in [-0.2, -0.15) is 0 Å². The van der Waals surface area contributed by atoms with Crippen LogP contribution in [-0.4, -0.2) is 130 Å². The summed E-state index contributed by atoms with van der Waals surface area (Å²) in [6.07, 6.45) is -16.1. The first kappa shape index (κ1) is 37.5. The molecule has 1 aromatic rings. The number of nitrogens with zero attached hydrogens (tertiary/aromatic N) is 1. The molecule has 0 saturated carbocycles. The normalized spacial score (nSPS) is 32.9. The number of amides is 1. The molecule has 3 heterocycles. The first-order valence-electron chi connectivity index (χ1n) is 13.1. The van der Waals surface area contributed by atoms with Gasteiger partial charge in [0.05, 0.1) is 26.4 Å². The Labute approximate surface area is 253 Å². The van der Waals surface area contributed by atoms with E-state index < -0.39 is 101 Å². The molecular weight excluding hydrogens is 660 g/mol. The molecule has 11 atom stereocenters. The van der Waals surface area contributed by atoms with Crippen LogP contribution in [0.4, 0.5) is 0 Å². The van der Waals surface area contributed by atoms with Crippen LogP contribution in [0.25, 0.3) is 0 Å². The Morgan fingerprint density at radius 3 is 2.33 bits per heavy atom. The minimum Gasteiger partial charge on any atom is -0.756 e. The summed E-state index contributed by atoms with van der Waals surface area (Å²) < 4.78 is 58.4. The fourth-order valence-electron chi connectivity index (χ4n) is 4.07. The van der Waals surface area contributed by atoms with E-state index in [1.165, 1.54) is 7.11 Å². The van der Waals surface area contributed by atoms with Crippen molar-refractivity contribution in [1.29, 1.82) is 0 Å². The van der Waals surface area contributed by atoms with Crippen LogP contribution >= 0.6 is 15.6 Å². The molecule has 0 spiro atoms. The topological polar surface area (TPSA) is 330 Å². The van der Waals surface area contributed by atoms with E-state index in [0.717, 1.165) is 12.3 Å². The van der Waals surface area contributed by atoms with Crippen molar-refractivity contribution in [2.75, 3.05) is 40.1 Å². The molecule has 258 valence electrons. The first-order valence-corrected chi connectivity index (χ1v) is 16.0. The van der Waals surface area contributed by atoms with Gasteiger partial charge in [0.25, 0.3) is 21.2 Å². The molecule has 22 nitrogen and oxygen atoms in total. The molecule has 2 saturated heterocycles. The molecule has 0 aliphatic carbocycles. The Morgan fingerprint density at radius 1 is 0.978 bits per heavy atom. The Morgan fingerprint density at radius 2 is 1.67 bits per heavy atom. The molecular formula is C21H33N3O19P2-2. The summed E-state index contributed by atoms with van der Waals surface area (Å²) >= 11 is 0. The van der Waals surface area contributed by atoms with Gasteiger partial charge in [0.1, 0.15) is 42.7 Å². The third kappa shape index (κ3) is 10.5. The van der Waals surface area contributed by atoms with Crippen LogP contribution in [0.15, 0.2) is 21.9 Å². The maximum absolute atomic E-state index is 12.3. The number of phosphoric acid groups is 2. The molecule has 1 aromatic heterocycles. The monoisotopic (exact) mass is 693 g/mol. The molecule has 2 fully saturated rings. The largest absolute Gasteiger partial charge is 0.756 e. The maximum Gasteiger partial charge on any atom is 0.330 e. The van der Waals surface area contributed by atoms with Crippen molar-refractivity contribution in [2.24, 2.45) is 0 Å². The van der Waals surface area contributed by atoms with Gasteiger partial charge in [-0.3, -0.25) is 32.8 Å². The minimum absolute atomic E-state index is 0.0203. The van der Waals surface area contributed by atoms with E-state index in [1.807, 2.05) is 4.98 Å². The highest BCUT2D eigenvalue weighted by Gasteiger charge is 2.47. The van der Waals surface area contributed by atoms with Crippen LogP contribution < -0.4 is 26.4 Å². The highest BCUT2D eigenvalue weighted by atomic mass is 31.3. The number of H-pyrrole nitrogens is 1. The maximum atomic E-state index is 12.3. The van der Waals surface area contributed by atoms with Crippen LogP contribution in [0.5, 0.6) is 0 Å². The van der Waals surface area contributed by atoms with Gasteiger partial charge in [-0.25, -0.2) is 9.11 Å². The SMILES string of the molecule is COCCOCCC(=O)NCC1O[C@H](OP(=O)([O-])OP(=O)([O-])OCC2OC(n3ccc(=O)[nH]c3=O)[C@H](O)[C@@H]2O)C(O)[C@@H](O)[C@H]1O. The lowest BCUT2D eigenvalue weighted by molar-refractivity contribution is -0.301. The smallest absolute Gasteiger partial charge is 0.330 e. The van der Waals surface area contributed by atoms with E-state index in [2.05, 4.69) is 18.7 Å². The Hall–Kier alpha value is -1.95. The van der Waals surface area contributed by atoms with E-state index in [4.69, 9.17) is 18.9 Å². The number of hydrogen-bond acceptors (Lipinski definition) is 19. The van der Waals surface area contributed by atoms with Gasteiger partial charge in [0, 0.05) is 32.3 Å². The number of carbonyl (C=O) groups excluding carboxylic acids is 1. The molecule has 7 N–H and O–H groups in total. The standard InChI is InChI=1S/C21H35N3O19P2/c1-37-6-7-38-5-3-12(25)22-8-10-14(27)16(29)18(31)20(41-10)42-45(35,36)43-44(33,34)39-9-11-15(28)17(30)19(40-11)24-4-2-13(26)23-21(24)32/h2,4,10-11,14-20,27-31H,3,5-9H2,1H3,(H,22,25)(H,33,34)(H,35,36)(H,23,26,32)/p-2/t10?,11?,14-,15+,16-,17+,18?,19?,20+/m0/s1. The van der Waals surface area contributed by atoms with Crippen molar-refractivity contribution < 1.29 is 81.5 Å². The van der Waals surface area contributed by atoms with Gasteiger partial charge >= 0.3 is 5.69 Å². The van der Waals surface area contributed by atoms with E-state index in [9.17, 15) is 58.8 Å². The molecule has 0 radical (unpaired) electrons. The van der Waals surface area contributed by atoms with Crippen molar-refractivity contribution in [2.45, 2.75) is 61.7 Å². The van der Waals surface area contributed by atoms with E-state index in [-0.39, 0.29) is 19.6 Å². The molecule has 45 heavy (non-hydrogen) atoms. The number of carbonyl (C=O) groups is 1. The van der Waals surface area contributed by atoms with Crippen LogP contribution in [-0.2, 0) is 46.2 Å². The van der Waals surface area contributed by atoms with E-state index in [0.29, 0.717) is 11.2 Å². The van der Waals surface area contributed by atoms with Crippen LogP contribution in [0.3, 0.4) is 0 Å². The van der Waals surface area contributed by atoms with Crippen molar-refractivity contribution >= 4 is 21.6 Å². The summed E-state index contributed by atoms with van der Waals surface area (Å²) in [6.45, 7) is -1.09. The van der Waals surface area contributed by atoms with Gasteiger partial charge in [0.2, 0.25) is 5.91 Å². The Kier molecular flexibility index (Phi) is 13.5. The number of phosphoric ester groups is 2. The van der Waals surface area contributed by atoms with Crippen LogP contribution in [0, 0.1) is 0 Å². The highest BCUT2D eigenvalue weighted by Crippen LogP contribution is 2.57. The minimum atomic E-state index is -5.99. The first-order chi connectivity index (χ1) is 21.0. The molecule has 24 heteroatoms. The fourth-order valence-corrected chi connectivity index (χ4v) is 6.15. The zero-order chi connectivity index (χ0) is 33.5. The molecule has 0 aromatic carbocycles. The number of nitrogens with one attached hydrogen (secondary N) is 2. The molecule has 6 unspecified atom stereocenters. The van der Waals surface area contributed by atoms with Gasteiger partial charge in [-0.05, 0) is 0 Å². The van der Waals surface area contributed by atoms with Gasteiger partial charge in [-0.15, -0.1) is 0 Å². The lowest BCUT2D eigenvalue weighted by Gasteiger charge is -2.42. The number of methoxy groups -OCH3 is 1. The van der Waals surface area contributed by atoms with E-state index >= 15 is 0 Å². The third-order valence-electron chi connectivity index (χ3n) is 6.37. The van der Waals surface area contributed by atoms with Crippen molar-refractivity contribution in [3.05, 3.63) is 33.1 Å². The Bertz CT molecular complexity index is 1340. The second kappa shape index (κ2) is 16.2. The number of rotatable bonds is 16. The van der Waals surface area contributed by atoms with Crippen molar-refractivity contribution in [3.63, 3.8) is 0 Å². The summed E-state index contributed by atoms with van der Waals surface area (Å²) in [5, 5.41) is 53.2. The summed E-state index contributed by atoms with van der Waals surface area (Å²) in [6, 6.07) is 0.909. The highest BCUT2D eigenvalue weighted by molar-refractivity contribution is 7.59. The number of aliphatic hydroxyl groups excluding tert-OH is 5. The average Bonchev–Trinajstić information content (AvgIpc) is 3.23. The number of aromatic nitrogens is 2. The predicted molar refractivity (Wildman–Crippen MR) is 138 cm³/mol. The fraction of sp³-hybridized carbons (Fsp3) is 0.762. The third-order valence-corrected chi connectivity index (χ3v) is 8.90. The number of aliphatic hydroxyl groups is 5. The number of aromatic amines is 1. The van der Waals surface area contributed by atoms with E-state index in [1.54, 1.807) is 0 Å². The summed E-state index contributed by atoms with van der Waals surface area (Å²) in [5.41, 5.74) is -1.80. The van der Waals surface area contributed by atoms with Crippen LogP contribution in [0.1, 0.15) is 12.6 Å². The second-order valence-electron chi connectivity index (χ2n) is 9.61. The second-order valence-corrected chi connectivity index (χ2v) is 12.5. The molecule has 2 aliphatic heterocycles. The van der Waals surface area contributed by atoms with Gasteiger partial charge in [-0.1, -0.05) is 0 Å². The van der Waals surface area contributed by atoms with Crippen molar-refractivity contribution in [1.82, 2.24) is 14.9 Å². The zero-order valence-corrected chi connectivity index (χ0v) is 25.2. The lowest BCUT2D eigenvalue weighted by Crippen LogP contribution is -2.60. The summed E-state index contributed by atoms with van der Waals surface area (Å²) in [7, 11) is -10.4. The van der Waals surface area contributed by atoms with Crippen molar-refractivity contribution in [3.8, 4) is 0 Å². The number of hydrogen-bond donors (Lipinski definition) is 7. The molecule has 2 aliphatic rings. The molecule has 0 bridgehead atoms. The Balaban J connectivity index is 1.54. The molecule has 1 amide bonds. The summed E-state index contributed by atoms with van der Waals surface area (Å²) in [5.74, 6) is -0.579. The zero-order valence-electron chi connectivity index (χ0n) is 23.4. The summed E-state index contributed by atoms with van der Waals surface area (Å²) in [4.78, 5) is 61.7. The van der Waals surface area contributed by atoms with Gasteiger partial charge in [0.15, 0.2) is 12.5 Å².